The number of fused-ring (bicyclic) bond motifs is 1. The van der Waals surface area contributed by atoms with Crippen LogP contribution in [0.5, 0.6) is 0 Å². The van der Waals surface area contributed by atoms with Crippen LogP contribution < -0.4 is 0 Å². The third-order valence-corrected chi connectivity index (χ3v) is 4.63. The second-order valence-electron chi connectivity index (χ2n) is 6.72. The molecule has 0 aliphatic heterocycles. The molecule has 0 N–H and O–H groups in total. The van der Waals surface area contributed by atoms with Gasteiger partial charge < -0.3 is 0 Å². The van der Waals surface area contributed by atoms with Crippen molar-refractivity contribution in [3.05, 3.63) is 47.3 Å². The summed E-state index contributed by atoms with van der Waals surface area (Å²) in [4.78, 5) is 9.16. The number of unbranched alkanes of at least 4 members (excludes halogenated alkanes) is 3. The molecule has 1 atom stereocenters. The number of benzene rings is 1. The van der Waals surface area contributed by atoms with Crippen molar-refractivity contribution in [1.29, 1.82) is 0 Å². The van der Waals surface area contributed by atoms with E-state index in [1.165, 1.54) is 55.2 Å². The average molecular weight is 294 g/mol. The summed E-state index contributed by atoms with van der Waals surface area (Å²) in [7, 11) is 0. The molecular weight excluding hydrogens is 268 g/mol. The van der Waals surface area contributed by atoms with Crippen LogP contribution in [0.2, 0.25) is 0 Å². The van der Waals surface area contributed by atoms with Crippen LogP contribution in [0.25, 0.3) is 11.4 Å². The molecule has 0 spiro atoms. The van der Waals surface area contributed by atoms with Crippen molar-refractivity contribution in [3.63, 3.8) is 0 Å². The Kier molecular flexibility index (Phi) is 4.87. The molecule has 1 unspecified atom stereocenters. The van der Waals surface area contributed by atoms with Gasteiger partial charge in [0.05, 0.1) is 0 Å². The van der Waals surface area contributed by atoms with Crippen molar-refractivity contribution in [1.82, 2.24) is 9.97 Å². The molecular formula is C20H26N2. The maximum atomic E-state index is 4.58. The number of hydrogen-bond acceptors (Lipinski definition) is 2. The molecule has 0 saturated heterocycles. The summed E-state index contributed by atoms with van der Waals surface area (Å²) in [5.74, 6) is 1.64. The van der Waals surface area contributed by atoms with Gasteiger partial charge in [0.25, 0.3) is 0 Å². The van der Waals surface area contributed by atoms with E-state index in [9.17, 15) is 0 Å². The van der Waals surface area contributed by atoms with Crippen molar-refractivity contribution >= 4 is 0 Å². The lowest BCUT2D eigenvalue weighted by Crippen LogP contribution is -1.94. The zero-order valence-electron chi connectivity index (χ0n) is 13.8. The zero-order valence-corrected chi connectivity index (χ0v) is 13.8. The van der Waals surface area contributed by atoms with Crippen LogP contribution in [-0.2, 0) is 19.3 Å². The van der Waals surface area contributed by atoms with Crippen molar-refractivity contribution in [2.75, 3.05) is 0 Å². The molecule has 0 fully saturated rings. The van der Waals surface area contributed by atoms with E-state index < -0.39 is 0 Å². The van der Waals surface area contributed by atoms with E-state index >= 15 is 0 Å². The Morgan fingerprint density at radius 1 is 1.00 bits per heavy atom. The van der Waals surface area contributed by atoms with E-state index in [-0.39, 0.29) is 0 Å². The van der Waals surface area contributed by atoms with Gasteiger partial charge in [0, 0.05) is 18.0 Å². The summed E-state index contributed by atoms with van der Waals surface area (Å²) in [5.41, 5.74) is 5.40. The minimum absolute atomic E-state index is 0.775. The van der Waals surface area contributed by atoms with Crippen molar-refractivity contribution in [2.24, 2.45) is 5.92 Å². The number of aryl methyl sites for hydroxylation is 1. The maximum absolute atomic E-state index is 4.58. The normalized spacial score (nSPS) is 16.7. The highest BCUT2D eigenvalue weighted by Crippen LogP contribution is 2.29. The number of aromatic nitrogens is 2. The molecule has 0 radical (unpaired) electrons. The van der Waals surface area contributed by atoms with Crippen LogP contribution in [0.3, 0.4) is 0 Å². The molecule has 116 valence electrons. The van der Waals surface area contributed by atoms with Crippen LogP contribution >= 0.6 is 0 Å². The molecule has 1 aliphatic carbocycles. The smallest absolute Gasteiger partial charge is 0.159 e. The second-order valence-corrected chi connectivity index (χ2v) is 6.72. The highest BCUT2D eigenvalue weighted by atomic mass is 14.9. The largest absolute Gasteiger partial charge is 0.236 e. The summed E-state index contributed by atoms with van der Waals surface area (Å²) in [6, 6.07) is 6.72. The predicted octanol–water partition coefficient (Wildman–Crippen LogP) is 5.00. The Labute approximate surface area is 134 Å². The monoisotopic (exact) mass is 294 g/mol. The van der Waals surface area contributed by atoms with E-state index in [0.717, 1.165) is 23.7 Å². The molecule has 1 aromatic carbocycles. The number of hydrogen-bond donors (Lipinski definition) is 0. The lowest BCUT2D eigenvalue weighted by molar-refractivity contribution is 0.628. The topological polar surface area (TPSA) is 25.8 Å². The molecule has 0 saturated carbocycles. The summed E-state index contributed by atoms with van der Waals surface area (Å²) in [5, 5.41) is 0. The van der Waals surface area contributed by atoms with Gasteiger partial charge >= 0.3 is 0 Å². The number of nitrogens with zero attached hydrogens (tertiary/aromatic N) is 2. The van der Waals surface area contributed by atoms with Gasteiger partial charge in [-0.1, -0.05) is 45.2 Å². The zero-order chi connectivity index (χ0) is 15.4. The van der Waals surface area contributed by atoms with Gasteiger partial charge in [-0.15, -0.1) is 0 Å². The van der Waals surface area contributed by atoms with Gasteiger partial charge in [0.1, 0.15) is 0 Å². The first-order valence-corrected chi connectivity index (χ1v) is 8.69. The summed E-state index contributed by atoms with van der Waals surface area (Å²) in [6.45, 7) is 4.57. The van der Waals surface area contributed by atoms with Gasteiger partial charge in [-0.2, -0.15) is 0 Å². The van der Waals surface area contributed by atoms with Crippen molar-refractivity contribution < 1.29 is 0 Å². The summed E-state index contributed by atoms with van der Waals surface area (Å²) >= 11 is 0. The highest BCUT2D eigenvalue weighted by molar-refractivity contribution is 5.58. The van der Waals surface area contributed by atoms with E-state index in [1.54, 1.807) is 0 Å². The molecule has 0 amide bonds. The van der Waals surface area contributed by atoms with Gasteiger partial charge in [-0.25, -0.2) is 9.97 Å². The number of rotatable bonds is 6. The standard InChI is InChI=1S/C20H26N2/c1-3-4-5-6-7-16-13-21-20(22-14-16)18-9-8-17-10-15(2)11-19(17)12-18/h8-9,12-15H,3-7,10-11H2,1-2H3. The van der Waals surface area contributed by atoms with Crippen molar-refractivity contribution in [3.8, 4) is 11.4 Å². The quantitative estimate of drug-likeness (QED) is 0.701. The lowest BCUT2D eigenvalue weighted by atomic mass is 10.1. The average Bonchev–Trinajstić information content (AvgIpc) is 2.91. The first-order valence-electron chi connectivity index (χ1n) is 8.69. The fourth-order valence-corrected chi connectivity index (χ4v) is 3.37. The molecule has 1 aromatic heterocycles. The highest BCUT2D eigenvalue weighted by Gasteiger charge is 2.18. The summed E-state index contributed by atoms with van der Waals surface area (Å²) in [6.07, 6.45) is 12.7. The molecule has 2 heteroatoms. The van der Waals surface area contributed by atoms with Crippen LogP contribution in [0, 0.1) is 5.92 Å². The molecule has 22 heavy (non-hydrogen) atoms. The third kappa shape index (κ3) is 3.55. The minimum Gasteiger partial charge on any atom is -0.236 e. The van der Waals surface area contributed by atoms with E-state index in [4.69, 9.17) is 0 Å². The van der Waals surface area contributed by atoms with Crippen LogP contribution in [-0.4, -0.2) is 9.97 Å². The molecule has 0 bridgehead atoms. The van der Waals surface area contributed by atoms with Gasteiger partial charge in [-0.05, 0) is 54.4 Å². The van der Waals surface area contributed by atoms with Crippen molar-refractivity contribution in [2.45, 2.75) is 58.8 Å². The van der Waals surface area contributed by atoms with Crippen LogP contribution in [0.15, 0.2) is 30.6 Å². The third-order valence-electron chi connectivity index (χ3n) is 4.63. The Morgan fingerprint density at radius 3 is 2.55 bits per heavy atom. The predicted molar refractivity (Wildman–Crippen MR) is 91.9 cm³/mol. The first-order chi connectivity index (χ1) is 10.8. The van der Waals surface area contributed by atoms with Gasteiger partial charge in [0.15, 0.2) is 5.82 Å². The fourth-order valence-electron chi connectivity index (χ4n) is 3.37. The Bertz CT molecular complexity index is 616. The second kappa shape index (κ2) is 7.04. The van der Waals surface area contributed by atoms with E-state index in [2.05, 4.69) is 42.0 Å². The molecule has 2 aromatic rings. The van der Waals surface area contributed by atoms with Gasteiger partial charge in [-0.3, -0.25) is 0 Å². The summed E-state index contributed by atoms with van der Waals surface area (Å²) < 4.78 is 0. The van der Waals surface area contributed by atoms with E-state index in [0.29, 0.717) is 0 Å². The van der Waals surface area contributed by atoms with Crippen LogP contribution in [0.4, 0.5) is 0 Å². The minimum atomic E-state index is 0.775. The van der Waals surface area contributed by atoms with Gasteiger partial charge in [0.2, 0.25) is 0 Å². The molecule has 1 aliphatic rings. The molecule has 2 nitrogen and oxygen atoms in total. The SMILES string of the molecule is CCCCCCc1cnc(-c2ccc3c(c2)CC(C)C3)nc1. The Balaban J connectivity index is 1.67. The maximum Gasteiger partial charge on any atom is 0.159 e. The fraction of sp³-hybridized carbons (Fsp3) is 0.500. The molecule has 3 rings (SSSR count). The first kappa shape index (κ1) is 15.2. The van der Waals surface area contributed by atoms with E-state index in [1.807, 2.05) is 12.4 Å². The Hall–Kier alpha value is -1.70. The molecule has 1 heterocycles. The van der Waals surface area contributed by atoms with Crippen LogP contribution in [0.1, 0.15) is 56.2 Å². The lowest BCUT2D eigenvalue weighted by Gasteiger charge is -2.05. The Morgan fingerprint density at radius 2 is 1.77 bits per heavy atom.